The van der Waals surface area contributed by atoms with Gasteiger partial charge in [0.2, 0.25) is 0 Å². The average Bonchev–Trinajstić information content (AvgIpc) is 2.72. The molecule has 0 amide bonds. The van der Waals surface area contributed by atoms with Crippen LogP contribution in [0.5, 0.6) is 0 Å². The van der Waals surface area contributed by atoms with Gasteiger partial charge in [-0.05, 0) is 31.2 Å². The molecule has 1 aromatic carbocycles. The molecule has 4 nitrogen and oxygen atoms in total. The van der Waals surface area contributed by atoms with Gasteiger partial charge in [0.05, 0.1) is 12.2 Å². The van der Waals surface area contributed by atoms with Gasteiger partial charge in [-0.3, -0.25) is 4.79 Å². The van der Waals surface area contributed by atoms with Gasteiger partial charge in [0.1, 0.15) is 5.82 Å². The third-order valence-corrected chi connectivity index (χ3v) is 2.41. The minimum Gasteiger partial charge on any atom is -0.296 e. The lowest BCUT2D eigenvalue weighted by atomic mass is 10.1. The fraction of sp³-hybridized carbons (Fsp3) is 0.154. The van der Waals surface area contributed by atoms with Gasteiger partial charge >= 0.3 is 0 Å². The van der Waals surface area contributed by atoms with E-state index >= 15 is 0 Å². The van der Waals surface area contributed by atoms with Crippen molar-refractivity contribution >= 4 is 6.29 Å². The van der Waals surface area contributed by atoms with Gasteiger partial charge in [0.25, 0.3) is 0 Å². The van der Waals surface area contributed by atoms with Gasteiger partial charge in [-0.2, -0.15) is 0 Å². The topological polar surface area (TPSA) is 47.8 Å². The molecule has 0 fully saturated rings. The van der Waals surface area contributed by atoms with Crippen molar-refractivity contribution in [2.24, 2.45) is 0 Å². The Morgan fingerprint density at radius 3 is 2.67 bits per heavy atom. The summed E-state index contributed by atoms with van der Waals surface area (Å²) in [5, 5.41) is 7.70. The Balaban J connectivity index is 2.52. The number of carbonyl (C=O) groups is 1. The Kier molecular flexibility index (Phi) is 3.32. The van der Waals surface area contributed by atoms with Crippen molar-refractivity contribution in [3.63, 3.8) is 0 Å². The summed E-state index contributed by atoms with van der Waals surface area (Å²) in [6, 6.07) is 5.86. The van der Waals surface area contributed by atoms with Crippen molar-refractivity contribution in [3.05, 3.63) is 47.9 Å². The van der Waals surface area contributed by atoms with Crippen LogP contribution in [0.15, 0.2) is 36.4 Å². The second-order valence-corrected chi connectivity index (χ2v) is 4.06. The first kappa shape index (κ1) is 12.2. The number of rotatable bonds is 4. The molecule has 0 N–H and O–H groups in total. The summed E-state index contributed by atoms with van der Waals surface area (Å²) in [5.74, 6) is -0.328. The quantitative estimate of drug-likeness (QED) is 0.614. The molecule has 0 atom stereocenters. The van der Waals surface area contributed by atoms with Crippen molar-refractivity contribution in [2.45, 2.75) is 13.5 Å². The summed E-state index contributed by atoms with van der Waals surface area (Å²) in [4.78, 5) is 11.0. The SMILES string of the molecule is C=C(C)Cn1nnc(C=O)c1-c1ccc(F)cc1. The van der Waals surface area contributed by atoms with Crippen LogP contribution in [0.25, 0.3) is 11.3 Å². The van der Waals surface area contributed by atoms with Gasteiger partial charge in [-0.15, -0.1) is 5.10 Å². The molecule has 0 aliphatic rings. The van der Waals surface area contributed by atoms with Crippen molar-refractivity contribution in [2.75, 3.05) is 0 Å². The number of hydrogen-bond donors (Lipinski definition) is 0. The number of aromatic nitrogens is 3. The summed E-state index contributed by atoms with van der Waals surface area (Å²) in [7, 11) is 0. The maximum Gasteiger partial charge on any atom is 0.172 e. The van der Waals surface area contributed by atoms with Crippen LogP contribution in [0.1, 0.15) is 17.4 Å². The van der Waals surface area contributed by atoms with Crippen molar-refractivity contribution in [1.29, 1.82) is 0 Å². The smallest absolute Gasteiger partial charge is 0.172 e. The minimum absolute atomic E-state index is 0.239. The molecule has 2 rings (SSSR count). The predicted octanol–water partition coefficient (Wildman–Crippen LogP) is 2.47. The highest BCUT2D eigenvalue weighted by atomic mass is 19.1. The first-order valence-electron chi connectivity index (χ1n) is 5.41. The van der Waals surface area contributed by atoms with Gasteiger partial charge in [0.15, 0.2) is 12.0 Å². The molecular weight excluding hydrogens is 233 g/mol. The van der Waals surface area contributed by atoms with E-state index in [1.165, 1.54) is 12.1 Å². The van der Waals surface area contributed by atoms with Gasteiger partial charge in [0, 0.05) is 5.56 Å². The summed E-state index contributed by atoms with van der Waals surface area (Å²) >= 11 is 0. The maximum absolute atomic E-state index is 12.9. The molecule has 0 spiro atoms. The van der Waals surface area contributed by atoms with Crippen LogP contribution in [0.4, 0.5) is 4.39 Å². The van der Waals surface area contributed by atoms with E-state index in [0.717, 1.165) is 5.57 Å². The summed E-state index contributed by atoms with van der Waals surface area (Å²) < 4.78 is 14.5. The first-order chi connectivity index (χ1) is 8.61. The van der Waals surface area contributed by atoms with Crippen LogP contribution in [0, 0.1) is 5.82 Å². The van der Waals surface area contributed by atoms with Gasteiger partial charge in [-0.1, -0.05) is 17.4 Å². The minimum atomic E-state index is -0.328. The van der Waals surface area contributed by atoms with Crippen LogP contribution in [0.2, 0.25) is 0 Å². The second-order valence-electron chi connectivity index (χ2n) is 4.06. The molecule has 5 heteroatoms. The van der Waals surface area contributed by atoms with Crippen molar-refractivity contribution in [3.8, 4) is 11.3 Å². The summed E-state index contributed by atoms with van der Waals surface area (Å²) in [5.41, 5.74) is 2.40. The number of allylic oxidation sites excluding steroid dienone is 1. The highest BCUT2D eigenvalue weighted by molar-refractivity contribution is 5.83. The van der Waals surface area contributed by atoms with Gasteiger partial charge < -0.3 is 0 Å². The third-order valence-electron chi connectivity index (χ3n) is 2.41. The standard InChI is InChI=1S/C13H12FN3O/c1-9(2)7-17-13(12(8-18)15-16-17)10-3-5-11(14)6-4-10/h3-6,8H,1,7H2,2H3. The Bertz CT molecular complexity index is 587. The molecule has 92 valence electrons. The van der Waals surface area contributed by atoms with Crippen molar-refractivity contribution < 1.29 is 9.18 Å². The first-order valence-corrected chi connectivity index (χ1v) is 5.41. The monoisotopic (exact) mass is 245 g/mol. The van der Waals surface area contributed by atoms with Crippen LogP contribution < -0.4 is 0 Å². The maximum atomic E-state index is 12.9. The predicted molar refractivity (Wildman–Crippen MR) is 65.6 cm³/mol. The summed E-state index contributed by atoms with van der Waals surface area (Å²) in [6.07, 6.45) is 0.639. The highest BCUT2D eigenvalue weighted by Gasteiger charge is 2.14. The number of nitrogens with zero attached hydrogens (tertiary/aromatic N) is 3. The fourth-order valence-electron chi connectivity index (χ4n) is 1.68. The Hall–Kier alpha value is -2.30. The van der Waals surface area contributed by atoms with Crippen molar-refractivity contribution in [1.82, 2.24) is 15.0 Å². The molecule has 0 saturated heterocycles. The molecule has 0 aliphatic carbocycles. The summed E-state index contributed by atoms with van der Waals surface area (Å²) in [6.45, 7) is 6.12. The molecule has 2 aromatic rings. The molecule has 1 aromatic heterocycles. The lowest BCUT2D eigenvalue weighted by Crippen LogP contribution is -2.03. The zero-order chi connectivity index (χ0) is 13.1. The molecule has 0 saturated carbocycles. The van der Waals surface area contributed by atoms with Gasteiger partial charge in [-0.25, -0.2) is 9.07 Å². The Labute approximate surface area is 104 Å². The molecular formula is C13H12FN3O. The molecule has 0 radical (unpaired) electrons. The molecule has 18 heavy (non-hydrogen) atoms. The lowest BCUT2D eigenvalue weighted by Gasteiger charge is -2.06. The van der Waals surface area contributed by atoms with E-state index < -0.39 is 0 Å². The normalized spacial score (nSPS) is 10.3. The molecule has 0 aliphatic heterocycles. The Morgan fingerprint density at radius 1 is 1.44 bits per heavy atom. The molecule has 1 heterocycles. The average molecular weight is 245 g/mol. The number of aldehydes is 1. The van der Waals surface area contributed by atoms with E-state index in [0.29, 0.717) is 24.1 Å². The van der Waals surface area contributed by atoms with E-state index in [1.807, 2.05) is 6.92 Å². The molecule has 0 bridgehead atoms. The third kappa shape index (κ3) is 2.34. The van der Waals surface area contributed by atoms with E-state index in [9.17, 15) is 9.18 Å². The van der Waals surface area contributed by atoms with E-state index in [2.05, 4.69) is 16.9 Å². The van der Waals surface area contributed by atoms with E-state index in [1.54, 1.807) is 16.8 Å². The van der Waals surface area contributed by atoms with E-state index in [-0.39, 0.29) is 11.5 Å². The number of carbonyl (C=O) groups excluding carboxylic acids is 1. The second kappa shape index (κ2) is 4.91. The zero-order valence-corrected chi connectivity index (χ0v) is 9.93. The lowest BCUT2D eigenvalue weighted by molar-refractivity contribution is 0.111. The fourth-order valence-corrected chi connectivity index (χ4v) is 1.68. The number of halogens is 1. The van der Waals surface area contributed by atoms with Crippen LogP contribution >= 0.6 is 0 Å². The largest absolute Gasteiger partial charge is 0.296 e. The number of hydrogen-bond acceptors (Lipinski definition) is 3. The van der Waals surface area contributed by atoms with Crippen LogP contribution in [0.3, 0.4) is 0 Å². The van der Waals surface area contributed by atoms with Crippen LogP contribution in [-0.4, -0.2) is 21.3 Å². The van der Waals surface area contributed by atoms with Crippen LogP contribution in [-0.2, 0) is 6.54 Å². The zero-order valence-electron chi connectivity index (χ0n) is 9.93. The van der Waals surface area contributed by atoms with E-state index in [4.69, 9.17) is 0 Å². The highest BCUT2D eigenvalue weighted by Crippen LogP contribution is 2.22. The molecule has 0 unspecified atom stereocenters. The Morgan fingerprint density at radius 2 is 2.11 bits per heavy atom. The number of benzene rings is 1.